The third kappa shape index (κ3) is 45.6. The van der Waals surface area contributed by atoms with Crippen molar-refractivity contribution in [1.82, 2.24) is 0 Å². The Morgan fingerprint density at radius 1 is 0.700 bits per heavy atom. The number of carbonyl (C=O) groups excluding carboxylic acids is 3. The van der Waals surface area contributed by atoms with Crippen LogP contribution in [0.25, 0.3) is 0 Å². The maximum absolute atomic E-state index is 10.2. The van der Waals surface area contributed by atoms with Gasteiger partial charge in [0.15, 0.2) is 0 Å². The molecule has 0 N–H and O–H groups in total. The monoisotopic (exact) mass is 438 g/mol. The van der Waals surface area contributed by atoms with Crippen LogP contribution >= 0.6 is 0 Å². The number of allylic oxidation sites excluding steroid dienone is 2. The van der Waals surface area contributed by atoms with E-state index in [-0.39, 0.29) is 12.2 Å². The van der Waals surface area contributed by atoms with Crippen LogP contribution in [-0.4, -0.2) is 34.0 Å². The van der Waals surface area contributed by atoms with Crippen molar-refractivity contribution in [3.63, 3.8) is 0 Å². The summed E-state index contributed by atoms with van der Waals surface area (Å²) in [5, 5.41) is 20.9. The van der Waals surface area contributed by atoms with Gasteiger partial charge in [0.25, 0.3) is 0 Å². The number of hydrogen-bond donors (Lipinski definition) is 0. The fraction of sp³-hybridized carbons (Fsp3) is 0.792. The number of rotatable bonds is 17. The quantitative estimate of drug-likeness (QED) is 0.147. The molecule has 0 amide bonds. The zero-order chi connectivity index (χ0) is 23.5. The topological polar surface area (TPSA) is 97.3 Å². The molecule has 0 radical (unpaired) electrons. The summed E-state index contributed by atoms with van der Waals surface area (Å²) in [7, 11) is 0. The van der Waals surface area contributed by atoms with Crippen LogP contribution in [0, 0.1) is 0 Å². The van der Waals surface area contributed by atoms with Crippen LogP contribution in [-0.2, 0) is 14.4 Å². The van der Waals surface area contributed by atoms with Crippen LogP contribution < -0.4 is 10.2 Å². The first-order valence-electron chi connectivity index (χ1n) is 11.6. The normalized spacial score (nSPS) is 10.0. The zero-order valence-corrected chi connectivity index (χ0v) is 20.7. The van der Waals surface area contributed by atoms with Crippen LogP contribution in [0.2, 0.25) is 5.28 Å². The second-order valence-electron chi connectivity index (χ2n) is 7.37. The number of carboxylic acids is 2. The molecule has 0 aliphatic carbocycles. The van der Waals surface area contributed by atoms with Crippen molar-refractivity contribution in [3.8, 4) is 0 Å². The maximum atomic E-state index is 10.2. The molecular weight excluding hydrogens is 395 g/mol. The molecule has 0 aliphatic heterocycles. The number of hydrogen-bond acceptors (Lipinski definition) is 5. The Balaban J connectivity index is -0.000000603. The van der Waals surface area contributed by atoms with Crippen molar-refractivity contribution < 1.29 is 24.6 Å². The van der Waals surface area contributed by atoms with Gasteiger partial charge in [0.05, 0.1) is 0 Å². The SMILES string of the molecule is CC(=O)CC(=O)[O-].CCCCCCCC/C=C\CCCCCCCC(=O)[O-].C[CH2][Al+2]. The Morgan fingerprint density at radius 2 is 1.10 bits per heavy atom. The van der Waals surface area contributed by atoms with Gasteiger partial charge in [-0.15, -0.1) is 0 Å². The molecule has 0 fully saturated rings. The minimum atomic E-state index is -1.31. The van der Waals surface area contributed by atoms with Gasteiger partial charge in [-0.05, 0) is 45.4 Å². The summed E-state index contributed by atoms with van der Waals surface area (Å²) in [6.07, 6.45) is 20.4. The molecule has 0 aromatic carbocycles. The predicted molar refractivity (Wildman–Crippen MR) is 121 cm³/mol. The standard InChI is InChI=1S/C18H34O2.C4H6O3.C2H5.Al/c1-2-3-4-5-6-7-8-9-10-11-12-13-14-15-16-17-18(19)20;1-3(5)2-4(6)7;1-2;/h9-10H,2-8,11-17H2,1H3,(H,19,20);2H2,1H3,(H,6,7);1H2,2H3;/q;;;+2/p-2/b10-9-;;;. The van der Waals surface area contributed by atoms with E-state index < -0.39 is 18.4 Å². The van der Waals surface area contributed by atoms with Gasteiger partial charge in [-0.3, -0.25) is 4.79 Å². The summed E-state index contributed by atoms with van der Waals surface area (Å²) in [5.41, 5.74) is 0. The van der Waals surface area contributed by atoms with E-state index in [1.54, 1.807) is 0 Å². The number of ketones is 1. The molecular formula is C24H43AlO5. The molecule has 0 aromatic rings. The van der Waals surface area contributed by atoms with Crippen molar-refractivity contribution in [1.29, 1.82) is 0 Å². The Labute approximate surface area is 193 Å². The van der Waals surface area contributed by atoms with E-state index in [4.69, 9.17) is 0 Å². The first-order chi connectivity index (χ1) is 14.3. The predicted octanol–water partition coefficient (Wildman–Crippen LogP) is 4.08. The van der Waals surface area contributed by atoms with Gasteiger partial charge < -0.3 is 19.8 Å². The summed E-state index contributed by atoms with van der Waals surface area (Å²) in [6.45, 7) is 5.55. The van der Waals surface area contributed by atoms with Crippen molar-refractivity contribution >= 4 is 34.0 Å². The molecule has 0 saturated carbocycles. The summed E-state index contributed by atoms with van der Waals surface area (Å²) >= 11 is 2.58. The first-order valence-corrected chi connectivity index (χ1v) is 12.4. The summed E-state index contributed by atoms with van der Waals surface area (Å²) in [5.74, 6) is -2.60. The van der Waals surface area contributed by atoms with E-state index in [1.165, 1.54) is 76.4 Å². The average Bonchev–Trinajstić information content (AvgIpc) is 2.64. The molecule has 0 aliphatic rings. The third-order valence-electron chi connectivity index (χ3n) is 4.04. The van der Waals surface area contributed by atoms with Crippen molar-refractivity contribution in [2.75, 3.05) is 0 Å². The van der Waals surface area contributed by atoms with Crippen LogP contribution in [0.3, 0.4) is 0 Å². The number of aliphatic carboxylic acids is 2. The van der Waals surface area contributed by atoms with E-state index >= 15 is 0 Å². The van der Waals surface area contributed by atoms with Gasteiger partial charge in [0, 0.05) is 18.4 Å². The molecule has 0 atom stereocenters. The van der Waals surface area contributed by atoms with Gasteiger partial charge >= 0.3 is 28.5 Å². The van der Waals surface area contributed by atoms with Gasteiger partial charge in [-0.2, -0.15) is 0 Å². The third-order valence-corrected chi connectivity index (χ3v) is 4.04. The van der Waals surface area contributed by atoms with E-state index in [2.05, 4.69) is 42.3 Å². The molecule has 5 nitrogen and oxygen atoms in total. The summed E-state index contributed by atoms with van der Waals surface area (Å²) in [4.78, 5) is 29.5. The molecule has 0 bridgehead atoms. The van der Waals surface area contributed by atoms with Crippen LogP contribution in [0.1, 0.15) is 117 Å². The molecule has 6 heteroatoms. The van der Waals surface area contributed by atoms with Gasteiger partial charge in [-0.1, -0.05) is 70.4 Å². The molecule has 0 rings (SSSR count). The number of unbranched alkanes of at least 4 members (excludes halogenated alkanes) is 11. The molecule has 30 heavy (non-hydrogen) atoms. The second-order valence-corrected chi connectivity index (χ2v) is 8.18. The molecule has 0 heterocycles. The van der Waals surface area contributed by atoms with Gasteiger partial charge in [0.1, 0.15) is 5.78 Å². The fourth-order valence-corrected chi connectivity index (χ4v) is 2.54. The van der Waals surface area contributed by atoms with Crippen LogP contribution in [0.4, 0.5) is 0 Å². The van der Waals surface area contributed by atoms with E-state index in [1.807, 2.05) is 0 Å². The van der Waals surface area contributed by atoms with Crippen molar-refractivity contribution in [3.05, 3.63) is 12.2 Å². The second kappa shape index (κ2) is 30.1. The van der Waals surface area contributed by atoms with Crippen molar-refractivity contribution in [2.45, 2.75) is 122 Å². The molecule has 0 saturated heterocycles. The average molecular weight is 439 g/mol. The van der Waals surface area contributed by atoms with E-state index in [0.717, 1.165) is 19.3 Å². The number of Topliss-reactive ketones (excluding diaryl/α,β-unsaturated/α-hetero) is 1. The number of carboxylic acid groups (broad SMARTS) is 2. The Bertz CT molecular complexity index is 410. The first kappa shape index (κ1) is 33.5. The summed E-state index contributed by atoms with van der Waals surface area (Å²) in [6, 6.07) is 0. The fourth-order valence-electron chi connectivity index (χ4n) is 2.54. The zero-order valence-electron chi connectivity index (χ0n) is 19.6. The van der Waals surface area contributed by atoms with Gasteiger partial charge in [0.2, 0.25) is 0 Å². The van der Waals surface area contributed by atoms with Gasteiger partial charge in [-0.25, -0.2) is 0 Å². The Morgan fingerprint density at radius 3 is 1.43 bits per heavy atom. The molecule has 0 unspecified atom stereocenters. The van der Waals surface area contributed by atoms with Crippen LogP contribution in [0.5, 0.6) is 0 Å². The minimum absolute atomic E-state index is 0.220. The molecule has 172 valence electrons. The Kier molecular flexibility index (Phi) is 33.6. The van der Waals surface area contributed by atoms with Crippen LogP contribution in [0.15, 0.2) is 12.2 Å². The molecule has 0 spiro atoms. The molecule has 0 aromatic heterocycles. The summed E-state index contributed by atoms with van der Waals surface area (Å²) < 4.78 is 0. The van der Waals surface area contributed by atoms with Crippen molar-refractivity contribution in [2.24, 2.45) is 0 Å². The number of carbonyl (C=O) groups is 3. The Hall–Kier alpha value is -1.12. The van der Waals surface area contributed by atoms with E-state index in [0.29, 0.717) is 0 Å². The van der Waals surface area contributed by atoms with E-state index in [9.17, 15) is 24.6 Å².